The highest BCUT2D eigenvalue weighted by Crippen LogP contribution is 2.27. The summed E-state index contributed by atoms with van der Waals surface area (Å²) in [5.41, 5.74) is 5.55. The second kappa shape index (κ2) is 12.0. The minimum Gasteiger partial charge on any atom is -0.457 e. The molecule has 3 aromatic carbocycles. The second-order valence-electron chi connectivity index (χ2n) is 8.73. The summed E-state index contributed by atoms with van der Waals surface area (Å²) >= 11 is 1.48. The van der Waals surface area contributed by atoms with Crippen molar-refractivity contribution in [1.82, 2.24) is 10.3 Å². The predicted octanol–water partition coefficient (Wildman–Crippen LogP) is 6.37. The van der Waals surface area contributed by atoms with E-state index in [1.165, 1.54) is 37.3 Å². The lowest BCUT2D eigenvalue weighted by Gasteiger charge is -2.21. The number of hydrogen-bond donors (Lipinski definition) is 2. The highest BCUT2D eigenvalue weighted by atomic mass is 32.2. The number of nitrogens with one attached hydrogen (secondary N) is 2. The Morgan fingerprint density at radius 3 is 2.51 bits per heavy atom. The second-order valence-corrected chi connectivity index (χ2v) is 9.84. The third-order valence-corrected chi connectivity index (χ3v) is 7.11. The van der Waals surface area contributed by atoms with Gasteiger partial charge in [0.05, 0.1) is 11.1 Å². The number of carbonyl (C=O) groups is 2. The average Bonchev–Trinajstić information content (AvgIpc) is 2.90. The highest BCUT2D eigenvalue weighted by Gasteiger charge is 2.18. The van der Waals surface area contributed by atoms with Gasteiger partial charge in [-0.1, -0.05) is 73.7 Å². The Morgan fingerprint density at radius 1 is 0.971 bits per heavy atom. The maximum absolute atomic E-state index is 14.8. The van der Waals surface area contributed by atoms with Gasteiger partial charge < -0.3 is 4.74 Å². The molecule has 0 spiro atoms. The molecule has 0 saturated heterocycles. The summed E-state index contributed by atoms with van der Waals surface area (Å²) in [6.45, 7) is 1.80. The number of esters is 1. The fourth-order valence-corrected chi connectivity index (χ4v) is 5.03. The van der Waals surface area contributed by atoms with Crippen LogP contribution in [0, 0.1) is 12.7 Å². The van der Waals surface area contributed by atoms with Crippen LogP contribution >= 0.6 is 11.9 Å². The van der Waals surface area contributed by atoms with E-state index in [-0.39, 0.29) is 12.2 Å². The molecule has 2 N–H and O–H groups in total. The van der Waals surface area contributed by atoms with E-state index < -0.39 is 17.7 Å². The van der Waals surface area contributed by atoms with Crippen LogP contribution in [0.2, 0.25) is 0 Å². The van der Waals surface area contributed by atoms with E-state index in [9.17, 15) is 14.0 Å². The summed E-state index contributed by atoms with van der Waals surface area (Å²) in [4.78, 5) is 28.2. The van der Waals surface area contributed by atoms with Crippen molar-refractivity contribution in [3.63, 3.8) is 0 Å². The van der Waals surface area contributed by atoms with E-state index in [1.54, 1.807) is 31.2 Å². The van der Waals surface area contributed by atoms with Gasteiger partial charge in [0.2, 0.25) is 0 Å². The SMILES string of the molecule is Cc1cc(-c2cccc(C(=O)OCc3ccccc3)c2)cc(C(=O)NNSC2CCCCC2)c1F. The van der Waals surface area contributed by atoms with Gasteiger partial charge in [0.15, 0.2) is 0 Å². The van der Waals surface area contributed by atoms with Crippen LogP contribution in [0.3, 0.4) is 0 Å². The van der Waals surface area contributed by atoms with Gasteiger partial charge in [-0.15, -0.1) is 0 Å². The van der Waals surface area contributed by atoms with Crippen LogP contribution in [0.4, 0.5) is 4.39 Å². The van der Waals surface area contributed by atoms with E-state index >= 15 is 0 Å². The van der Waals surface area contributed by atoms with Crippen molar-refractivity contribution < 1.29 is 18.7 Å². The molecule has 0 atom stereocenters. The third kappa shape index (κ3) is 6.71. The van der Waals surface area contributed by atoms with Crippen LogP contribution in [0.25, 0.3) is 11.1 Å². The smallest absolute Gasteiger partial charge is 0.338 e. The normalized spacial score (nSPS) is 13.9. The number of ether oxygens (including phenoxy) is 1. The fraction of sp³-hybridized carbons (Fsp3) is 0.286. The van der Waals surface area contributed by atoms with Crippen LogP contribution in [-0.2, 0) is 11.3 Å². The first-order chi connectivity index (χ1) is 17.0. The largest absolute Gasteiger partial charge is 0.457 e. The van der Waals surface area contributed by atoms with Crippen LogP contribution in [0.5, 0.6) is 0 Å². The monoisotopic (exact) mass is 492 g/mol. The van der Waals surface area contributed by atoms with Crippen molar-refractivity contribution in [3.05, 3.63) is 94.8 Å². The minimum absolute atomic E-state index is 0.0474. The first-order valence-electron chi connectivity index (χ1n) is 11.8. The van der Waals surface area contributed by atoms with E-state index in [4.69, 9.17) is 4.74 Å². The Labute approximate surface area is 209 Å². The van der Waals surface area contributed by atoms with Gasteiger partial charge in [-0.05, 0) is 66.3 Å². The van der Waals surface area contributed by atoms with Gasteiger partial charge in [0.1, 0.15) is 12.4 Å². The molecule has 1 aliphatic rings. The lowest BCUT2D eigenvalue weighted by molar-refractivity contribution is 0.0472. The Hall–Kier alpha value is -3.16. The standard InChI is InChI=1S/C28H29FN2O3S/c1-19-15-23(17-25(26(19)29)27(32)30-31-35-24-13-6-3-7-14-24)21-11-8-12-22(16-21)28(33)34-18-20-9-4-2-5-10-20/h2,4-5,8-12,15-17,24,31H,3,6-7,13-14,18H2,1H3,(H,30,32). The number of halogens is 1. The Kier molecular flexibility index (Phi) is 8.55. The van der Waals surface area contributed by atoms with E-state index in [1.807, 2.05) is 36.4 Å². The molecule has 1 amide bonds. The minimum atomic E-state index is -0.561. The van der Waals surface area contributed by atoms with E-state index in [0.29, 0.717) is 27.5 Å². The van der Waals surface area contributed by atoms with Gasteiger partial charge >= 0.3 is 5.97 Å². The lowest BCUT2D eigenvalue weighted by atomic mass is 9.98. The molecule has 3 aromatic rings. The van der Waals surface area contributed by atoms with Crippen molar-refractivity contribution >= 4 is 23.8 Å². The van der Waals surface area contributed by atoms with E-state index in [0.717, 1.165) is 18.4 Å². The maximum Gasteiger partial charge on any atom is 0.338 e. The molecule has 0 unspecified atom stereocenters. The average molecular weight is 493 g/mol. The zero-order valence-electron chi connectivity index (χ0n) is 19.7. The van der Waals surface area contributed by atoms with Gasteiger partial charge in [-0.25, -0.2) is 9.18 Å². The topological polar surface area (TPSA) is 67.4 Å². The number of carbonyl (C=O) groups excluding carboxylic acids is 2. The first-order valence-corrected chi connectivity index (χ1v) is 12.7. The summed E-state index contributed by atoms with van der Waals surface area (Å²) in [5, 5.41) is 0.450. The summed E-state index contributed by atoms with van der Waals surface area (Å²) in [6.07, 6.45) is 5.87. The summed E-state index contributed by atoms with van der Waals surface area (Å²) in [6, 6.07) is 19.6. The van der Waals surface area contributed by atoms with Gasteiger partial charge in [0, 0.05) is 5.25 Å². The number of hydrazine groups is 1. The molecule has 0 radical (unpaired) electrons. The Balaban J connectivity index is 1.45. The lowest BCUT2D eigenvalue weighted by Crippen LogP contribution is -2.35. The van der Waals surface area contributed by atoms with Crippen LogP contribution < -0.4 is 10.3 Å². The molecule has 7 heteroatoms. The number of rotatable bonds is 8. The Morgan fingerprint density at radius 2 is 1.74 bits per heavy atom. The quantitative estimate of drug-likeness (QED) is 0.217. The molecule has 0 heterocycles. The summed E-state index contributed by atoms with van der Waals surface area (Å²) in [7, 11) is 0. The molecule has 4 rings (SSSR count). The molecule has 35 heavy (non-hydrogen) atoms. The molecule has 1 aliphatic carbocycles. The fourth-order valence-electron chi connectivity index (χ4n) is 4.14. The molecule has 0 aliphatic heterocycles. The van der Waals surface area contributed by atoms with E-state index in [2.05, 4.69) is 10.3 Å². The van der Waals surface area contributed by atoms with Gasteiger partial charge in [-0.2, -0.15) is 4.83 Å². The van der Waals surface area contributed by atoms with Gasteiger partial charge in [0.25, 0.3) is 5.91 Å². The summed E-state index contributed by atoms with van der Waals surface area (Å²) < 4.78 is 20.3. The van der Waals surface area contributed by atoms with Crippen LogP contribution in [0.15, 0.2) is 66.7 Å². The predicted molar refractivity (Wildman–Crippen MR) is 137 cm³/mol. The highest BCUT2D eigenvalue weighted by molar-refractivity contribution is 7.98. The zero-order valence-corrected chi connectivity index (χ0v) is 20.5. The first kappa shape index (κ1) is 24.9. The van der Waals surface area contributed by atoms with Crippen molar-refractivity contribution in [1.29, 1.82) is 0 Å². The molecule has 1 fully saturated rings. The summed E-state index contributed by atoms with van der Waals surface area (Å²) in [5.74, 6) is -1.54. The zero-order chi connectivity index (χ0) is 24.6. The Bertz CT molecular complexity index is 1180. The maximum atomic E-state index is 14.8. The van der Waals surface area contributed by atoms with Crippen molar-refractivity contribution in [2.45, 2.75) is 50.9 Å². The van der Waals surface area contributed by atoms with Crippen LogP contribution in [0.1, 0.15) is 63.9 Å². The molecule has 1 saturated carbocycles. The number of aryl methyl sites for hydroxylation is 1. The molecule has 0 aromatic heterocycles. The number of benzene rings is 3. The van der Waals surface area contributed by atoms with Crippen molar-refractivity contribution in [2.75, 3.05) is 0 Å². The van der Waals surface area contributed by atoms with Gasteiger partial charge in [-0.3, -0.25) is 10.2 Å². The molecule has 182 valence electrons. The molecular formula is C28H29FN2O3S. The number of hydrogen-bond acceptors (Lipinski definition) is 5. The molecular weight excluding hydrogens is 463 g/mol. The number of amides is 1. The molecule has 5 nitrogen and oxygen atoms in total. The molecule has 0 bridgehead atoms. The van der Waals surface area contributed by atoms with Crippen LogP contribution in [-0.4, -0.2) is 17.1 Å². The van der Waals surface area contributed by atoms with Crippen molar-refractivity contribution in [3.8, 4) is 11.1 Å². The third-order valence-electron chi connectivity index (χ3n) is 6.09. The van der Waals surface area contributed by atoms with Crippen molar-refractivity contribution in [2.24, 2.45) is 0 Å².